The van der Waals surface area contributed by atoms with Gasteiger partial charge >= 0.3 is 0 Å². The van der Waals surface area contributed by atoms with Gasteiger partial charge in [0.05, 0.1) is 5.02 Å². The molecule has 0 saturated heterocycles. The number of carbonyl (C=O) groups is 1. The van der Waals surface area contributed by atoms with Crippen molar-refractivity contribution in [2.45, 2.75) is 0 Å². The Morgan fingerprint density at radius 2 is 1.63 bits per heavy atom. The first-order chi connectivity index (χ1) is 9.29. The third-order valence-corrected chi connectivity index (χ3v) is 2.79. The van der Waals surface area contributed by atoms with Crippen LogP contribution in [0.1, 0.15) is 10.4 Å². The molecule has 4 heteroatoms. The van der Waals surface area contributed by atoms with E-state index in [0.717, 1.165) is 5.75 Å². The molecule has 0 unspecified atom stereocenters. The molecule has 0 amide bonds. The third-order valence-electron chi connectivity index (χ3n) is 2.46. The molecule has 2 aromatic carbocycles. The van der Waals surface area contributed by atoms with Crippen LogP contribution in [0.5, 0.6) is 11.5 Å². The van der Waals surface area contributed by atoms with Gasteiger partial charge in [-0.05, 0) is 30.3 Å². The van der Waals surface area contributed by atoms with Gasteiger partial charge in [0, 0.05) is 5.56 Å². The summed E-state index contributed by atoms with van der Waals surface area (Å²) in [5.41, 5.74) is 0.453. The normalized spacial score (nSPS) is 9.95. The Balaban J connectivity index is 1.80. The van der Waals surface area contributed by atoms with E-state index in [9.17, 15) is 4.79 Å². The molecule has 0 saturated carbocycles. The van der Waals surface area contributed by atoms with Crippen LogP contribution in [0.3, 0.4) is 0 Å². The Morgan fingerprint density at radius 1 is 0.947 bits per heavy atom. The third kappa shape index (κ3) is 4.00. The monoisotopic (exact) mass is 276 g/mol. The molecule has 3 nitrogen and oxygen atoms in total. The van der Waals surface area contributed by atoms with Crippen molar-refractivity contribution in [3.05, 3.63) is 59.1 Å². The van der Waals surface area contributed by atoms with Crippen LogP contribution >= 0.6 is 11.6 Å². The van der Waals surface area contributed by atoms with Gasteiger partial charge in [-0.2, -0.15) is 0 Å². The average Bonchev–Trinajstić information content (AvgIpc) is 2.45. The van der Waals surface area contributed by atoms with Gasteiger partial charge in [-0.3, -0.25) is 4.79 Å². The zero-order valence-corrected chi connectivity index (χ0v) is 11.0. The Hall–Kier alpha value is -2.00. The summed E-state index contributed by atoms with van der Waals surface area (Å²) in [5.74, 6) is 1.42. The van der Waals surface area contributed by atoms with Crippen LogP contribution in [-0.2, 0) is 0 Å². The van der Waals surface area contributed by atoms with Gasteiger partial charge in [-0.1, -0.05) is 29.8 Å². The van der Waals surface area contributed by atoms with Crippen LogP contribution < -0.4 is 9.47 Å². The van der Waals surface area contributed by atoms with Gasteiger partial charge in [0.2, 0.25) is 0 Å². The van der Waals surface area contributed by atoms with Crippen molar-refractivity contribution < 1.29 is 14.3 Å². The predicted octanol–water partition coefficient (Wildman–Crippen LogP) is 3.61. The maximum Gasteiger partial charge on any atom is 0.151 e. The molecule has 0 aliphatic rings. The van der Waals surface area contributed by atoms with Crippen molar-refractivity contribution in [3.63, 3.8) is 0 Å². The molecular formula is C15H13ClO3. The number of para-hydroxylation sites is 1. The predicted molar refractivity (Wildman–Crippen MR) is 74.3 cm³/mol. The van der Waals surface area contributed by atoms with E-state index >= 15 is 0 Å². The number of hydrogen-bond acceptors (Lipinski definition) is 3. The molecular weight excluding hydrogens is 264 g/mol. The molecule has 0 bridgehead atoms. The Kier molecular flexibility index (Phi) is 4.81. The molecule has 0 N–H and O–H groups in total. The zero-order chi connectivity index (χ0) is 13.5. The fraction of sp³-hybridized carbons (Fsp3) is 0.133. The molecule has 0 fully saturated rings. The second-order valence-corrected chi connectivity index (χ2v) is 4.22. The second kappa shape index (κ2) is 6.81. The first-order valence-corrected chi connectivity index (χ1v) is 6.23. The van der Waals surface area contributed by atoms with E-state index in [1.54, 1.807) is 18.2 Å². The Bertz CT molecular complexity index is 540. The van der Waals surface area contributed by atoms with Crippen molar-refractivity contribution in [1.82, 2.24) is 0 Å². The first kappa shape index (κ1) is 13.4. The summed E-state index contributed by atoms with van der Waals surface area (Å²) in [6.07, 6.45) is 0.713. The van der Waals surface area contributed by atoms with Crippen molar-refractivity contribution in [1.29, 1.82) is 0 Å². The van der Waals surface area contributed by atoms with E-state index in [-0.39, 0.29) is 0 Å². The fourth-order valence-corrected chi connectivity index (χ4v) is 1.74. The lowest BCUT2D eigenvalue weighted by atomic mass is 10.2. The Labute approximate surface area is 116 Å². The summed E-state index contributed by atoms with van der Waals surface area (Å²) in [5, 5.41) is 0.386. The molecule has 0 spiro atoms. The van der Waals surface area contributed by atoms with E-state index in [4.69, 9.17) is 21.1 Å². The smallest absolute Gasteiger partial charge is 0.151 e. The number of aldehydes is 1. The lowest BCUT2D eigenvalue weighted by Crippen LogP contribution is -2.08. The highest BCUT2D eigenvalue weighted by Crippen LogP contribution is 2.21. The van der Waals surface area contributed by atoms with Gasteiger partial charge in [0.15, 0.2) is 6.29 Å². The number of carbonyl (C=O) groups excluding carboxylic acids is 1. The van der Waals surface area contributed by atoms with Crippen LogP contribution in [0.15, 0.2) is 48.5 Å². The van der Waals surface area contributed by atoms with Gasteiger partial charge in [-0.25, -0.2) is 0 Å². The largest absolute Gasteiger partial charge is 0.490 e. The van der Waals surface area contributed by atoms with E-state index in [1.165, 1.54) is 0 Å². The maximum absolute atomic E-state index is 10.6. The molecule has 2 rings (SSSR count). The van der Waals surface area contributed by atoms with E-state index < -0.39 is 0 Å². The van der Waals surface area contributed by atoms with Crippen LogP contribution in [-0.4, -0.2) is 19.5 Å². The zero-order valence-electron chi connectivity index (χ0n) is 10.2. The summed E-state index contributed by atoms with van der Waals surface area (Å²) in [6, 6.07) is 14.5. The molecule has 19 heavy (non-hydrogen) atoms. The van der Waals surface area contributed by atoms with Crippen LogP contribution in [0.25, 0.3) is 0 Å². The van der Waals surface area contributed by atoms with Crippen molar-refractivity contribution in [2.75, 3.05) is 13.2 Å². The second-order valence-electron chi connectivity index (χ2n) is 3.81. The highest BCUT2D eigenvalue weighted by Gasteiger charge is 2.01. The number of rotatable bonds is 6. The quantitative estimate of drug-likeness (QED) is 0.597. The van der Waals surface area contributed by atoms with Crippen LogP contribution in [0, 0.1) is 0 Å². The lowest BCUT2D eigenvalue weighted by Gasteiger charge is -2.08. The summed E-state index contributed by atoms with van der Waals surface area (Å²) < 4.78 is 11.0. The van der Waals surface area contributed by atoms with Gasteiger partial charge < -0.3 is 9.47 Å². The first-order valence-electron chi connectivity index (χ1n) is 5.85. The highest BCUT2D eigenvalue weighted by molar-refractivity contribution is 6.33. The van der Waals surface area contributed by atoms with Crippen LogP contribution in [0.4, 0.5) is 0 Å². The summed E-state index contributed by atoms with van der Waals surface area (Å²) in [6.45, 7) is 0.850. The van der Waals surface area contributed by atoms with Crippen molar-refractivity contribution >= 4 is 17.9 Å². The van der Waals surface area contributed by atoms with E-state index in [1.807, 2.05) is 30.3 Å². The summed E-state index contributed by atoms with van der Waals surface area (Å²) in [7, 11) is 0. The van der Waals surface area contributed by atoms with Crippen molar-refractivity contribution in [2.24, 2.45) is 0 Å². The minimum atomic E-state index is 0.386. The SMILES string of the molecule is O=Cc1ccc(OCCOc2ccccc2)cc1Cl. The molecule has 0 radical (unpaired) electrons. The molecule has 0 aliphatic carbocycles. The topological polar surface area (TPSA) is 35.5 Å². The molecule has 0 aliphatic heterocycles. The lowest BCUT2D eigenvalue weighted by molar-refractivity contribution is 0.112. The Morgan fingerprint density at radius 3 is 2.26 bits per heavy atom. The minimum absolute atomic E-state index is 0.386. The molecule has 98 valence electrons. The molecule has 0 atom stereocenters. The molecule has 0 heterocycles. The van der Waals surface area contributed by atoms with Crippen LogP contribution in [0.2, 0.25) is 5.02 Å². The number of ether oxygens (including phenoxy) is 2. The van der Waals surface area contributed by atoms with E-state index in [0.29, 0.717) is 35.8 Å². The van der Waals surface area contributed by atoms with Gasteiger partial charge in [0.25, 0.3) is 0 Å². The highest BCUT2D eigenvalue weighted by atomic mass is 35.5. The summed E-state index contributed by atoms with van der Waals surface area (Å²) in [4.78, 5) is 10.6. The molecule has 2 aromatic rings. The maximum atomic E-state index is 10.6. The fourth-order valence-electron chi connectivity index (χ4n) is 1.53. The minimum Gasteiger partial charge on any atom is -0.490 e. The average molecular weight is 277 g/mol. The standard InChI is InChI=1S/C15H13ClO3/c16-15-10-14(7-6-12(15)11-17)19-9-8-18-13-4-2-1-3-5-13/h1-7,10-11H,8-9H2. The summed E-state index contributed by atoms with van der Waals surface area (Å²) >= 11 is 5.90. The number of benzene rings is 2. The number of halogens is 1. The molecule has 0 aromatic heterocycles. The van der Waals surface area contributed by atoms with Gasteiger partial charge in [0.1, 0.15) is 24.7 Å². The van der Waals surface area contributed by atoms with Gasteiger partial charge in [-0.15, -0.1) is 0 Å². The van der Waals surface area contributed by atoms with Crippen molar-refractivity contribution in [3.8, 4) is 11.5 Å². The van der Waals surface area contributed by atoms with E-state index in [2.05, 4.69) is 0 Å². The number of hydrogen-bond donors (Lipinski definition) is 0.